The van der Waals surface area contributed by atoms with Crippen molar-refractivity contribution in [2.24, 2.45) is 0 Å². The average molecular weight is 297 g/mol. The summed E-state index contributed by atoms with van der Waals surface area (Å²) in [4.78, 5) is 27.0. The number of aromatic nitrogens is 4. The predicted molar refractivity (Wildman–Crippen MR) is 82.1 cm³/mol. The van der Waals surface area contributed by atoms with Gasteiger partial charge in [0.2, 0.25) is 0 Å². The Bertz CT molecular complexity index is 910. The summed E-state index contributed by atoms with van der Waals surface area (Å²) in [5.41, 5.74) is 2.16. The summed E-state index contributed by atoms with van der Waals surface area (Å²) in [7, 11) is 0. The van der Waals surface area contributed by atoms with Crippen LogP contribution in [0.2, 0.25) is 0 Å². The third-order valence-corrected chi connectivity index (χ3v) is 3.34. The maximum atomic E-state index is 12.3. The van der Waals surface area contributed by atoms with Gasteiger partial charge >= 0.3 is 0 Å². The third-order valence-electron chi connectivity index (χ3n) is 3.34. The highest BCUT2D eigenvalue weighted by Crippen LogP contribution is 2.13. The molecule has 2 heterocycles. The molecule has 0 aliphatic rings. The molecule has 2 aromatic heterocycles. The fourth-order valence-corrected chi connectivity index (χ4v) is 2.26. The van der Waals surface area contributed by atoms with Crippen molar-refractivity contribution in [2.75, 3.05) is 5.32 Å². The summed E-state index contributed by atoms with van der Waals surface area (Å²) in [6, 6.07) is 7.53. The van der Waals surface area contributed by atoms with Crippen molar-refractivity contribution < 1.29 is 4.79 Å². The largest absolute Gasteiger partial charge is 0.323 e. The minimum Gasteiger partial charge on any atom is -0.323 e. The zero-order chi connectivity index (χ0) is 15.7. The first kappa shape index (κ1) is 14.0. The quantitative estimate of drug-likeness (QED) is 0.767. The lowest BCUT2D eigenvalue weighted by Gasteiger charge is -2.05. The SMILES string of the molecule is CCc1cccc(NC(=O)c2nnn3cc(C)[nH]c(=O)c23)c1. The summed E-state index contributed by atoms with van der Waals surface area (Å²) in [5.74, 6) is -0.461. The van der Waals surface area contributed by atoms with Gasteiger partial charge in [0.25, 0.3) is 11.5 Å². The Morgan fingerprint density at radius 3 is 3.00 bits per heavy atom. The summed E-state index contributed by atoms with van der Waals surface area (Å²) in [5, 5.41) is 10.4. The molecule has 112 valence electrons. The number of amides is 1. The van der Waals surface area contributed by atoms with E-state index in [1.165, 1.54) is 4.52 Å². The van der Waals surface area contributed by atoms with E-state index in [9.17, 15) is 9.59 Å². The molecule has 0 spiro atoms. The van der Waals surface area contributed by atoms with Crippen LogP contribution in [0.1, 0.15) is 28.7 Å². The average Bonchev–Trinajstić information content (AvgIpc) is 2.91. The van der Waals surface area contributed by atoms with E-state index in [1.807, 2.05) is 25.1 Å². The van der Waals surface area contributed by atoms with E-state index < -0.39 is 11.5 Å². The number of nitrogens with zero attached hydrogens (tertiary/aromatic N) is 3. The van der Waals surface area contributed by atoms with Gasteiger partial charge < -0.3 is 10.3 Å². The Hall–Kier alpha value is -2.96. The smallest absolute Gasteiger partial charge is 0.278 e. The zero-order valence-corrected chi connectivity index (χ0v) is 12.3. The Morgan fingerprint density at radius 2 is 2.23 bits per heavy atom. The highest BCUT2D eigenvalue weighted by atomic mass is 16.2. The number of anilines is 1. The van der Waals surface area contributed by atoms with Gasteiger partial charge in [0, 0.05) is 11.4 Å². The molecule has 0 unspecified atom stereocenters. The number of rotatable bonds is 3. The number of carbonyl (C=O) groups excluding carboxylic acids is 1. The lowest BCUT2D eigenvalue weighted by molar-refractivity contribution is 0.102. The monoisotopic (exact) mass is 297 g/mol. The van der Waals surface area contributed by atoms with Crippen molar-refractivity contribution in [2.45, 2.75) is 20.3 Å². The molecular weight excluding hydrogens is 282 g/mol. The fourth-order valence-electron chi connectivity index (χ4n) is 2.26. The minimum absolute atomic E-state index is 0.00292. The minimum atomic E-state index is -0.461. The summed E-state index contributed by atoms with van der Waals surface area (Å²) in [6.07, 6.45) is 2.48. The van der Waals surface area contributed by atoms with Gasteiger partial charge in [-0.25, -0.2) is 4.52 Å². The standard InChI is InChI=1S/C15H15N5O2/c1-3-10-5-4-6-11(7-10)17-14(21)12-13-15(22)16-9(2)8-20(13)19-18-12/h4-8H,3H2,1-2H3,(H,16,22)(H,17,21). The van der Waals surface area contributed by atoms with Gasteiger partial charge in [0.15, 0.2) is 11.2 Å². The first-order chi connectivity index (χ1) is 10.6. The molecule has 22 heavy (non-hydrogen) atoms. The van der Waals surface area contributed by atoms with Crippen LogP contribution in [0.15, 0.2) is 35.3 Å². The molecular formula is C15H15N5O2. The lowest BCUT2D eigenvalue weighted by Crippen LogP contribution is -2.18. The summed E-state index contributed by atoms with van der Waals surface area (Å²) in [6.45, 7) is 3.77. The van der Waals surface area contributed by atoms with Crippen LogP contribution in [0.3, 0.4) is 0 Å². The maximum Gasteiger partial charge on any atom is 0.278 e. The third kappa shape index (κ3) is 2.48. The molecule has 0 fully saturated rings. The van der Waals surface area contributed by atoms with Crippen LogP contribution in [-0.2, 0) is 6.42 Å². The van der Waals surface area contributed by atoms with Crippen LogP contribution in [0.4, 0.5) is 5.69 Å². The Kier molecular flexibility index (Phi) is 3.46. The summed E-state index contributed by atoms with van der Waals surface area (Å²) < 4.78 is 1.31. The number of benzene rings is 1. The van der Waals surface area contributed by atoms with Gasteiger partial charge in [-0.05, 0) is 31.0 Å². The van der Waals surface area contributed by atoms with Gasteiger partial charge in [-0.2, -0.15) is 0 Å². The van der Waals surface area contributed by atoms with E-state index in [-0.39, 0.29) is 11.2 Å². The Morgan fingerprint density at radius 1 is 1.41 bits per heavy atom. The van der Waals surface area contributed by atoms with Crippen molar-refractivity contribution in [1.82, 2.24) is 19.8 Å². The zero-order valence-electron chi connectivity index (χ0n) is 12.3. The van der Waals surface area contributed by atoms with Crippen molar-refractivity contribution >= 4 is 17.1 Å². The van der Waals surface area contributed by atoms with Gasteiger partial charge in [0.1, 0.15) is 0 Å². The number of fused-ring (bicyclic) bond motifs is 1. The van der Waals surface area contributed by atoms with Crippen molar-refractivity contribution in [3.8, 4) is 0 Å². The van der Waals surface area contributed by atoms with Crippen LogP contribution in [-0.4, -0.2) is 25.7 Å². The lowest BCUT2D eigenvalue weighted by atomic mass is 10.1. The predicted octanol–water partition coefficient (Wildman–Crippen LogP) is 1.54. The molecule has 0 aliphatic heterocycles. The molecule has 0 aliphatic carbocycles. The van der Waals surface area contributed by atoms with Crippen LogP contribution in [0.25, 0.3) is 5.52 Å². The highest BCUT2D eigenvalue weighted by Gasteiger charge is 2.18. The molecule has 0 saturated heterocycles. The molecule has 3 rings (SSSR count). The van der Waals surface area contributed by atoms with E-state index >= 15 is 0 Å². The molecule has 1 amide bonds. The van der Waals surface area contributed by atoms with Gasteiger partial charge in [0.05, 0.1) is 6.20 Å². The summed E-state index contributed by atoms with van der Waals surface area (Å²) >= 11 is 0. The second-order valence-electron chi connectivity index (χ2n) is 5.01. The van der Waals surface area contributed by atoms with Crippen LogP contribution >= 0.6 is 0 Å². The normalized spacial score (nSPS) is 10.8. The molecule has 0 radical (unpaired) electrons. The van der Waals surface area contributed by atoms with E-state index in [0.29, 0.717) is 11.4 Å². The molecule has 0 bridgehead atoms. The van der Waals surface area contributed by atoms with Crippen LogP contribution in [0, 0.1) is 6.92 Å². The first-order valence-corrected chi connectivity index (χ1v) is 6.93. The van der Waals surface area contributed by atoms with Gasteiger partial charge in [-0.1, -0.05) is 24.3 Å². The molecule has 0 atom stereocenters. The number of hydrogen-bond acceptors (Lipinski definition) is 4. The molecule has 7 heteroatoms. The molecule has 3 aromatic rings. The fraction of sp³-hybridized carbons (Fsp3) is 0.200. The molecule has 7 nitrogen and oxygen atoms in total. The number of carbonyl (C=O) groups is 1. The van der Waals surface area contributed by atoms with Crippen molar-refractivity contribution in [3.63, 3.8) is 0 Å². The molecule has 0 saturated carbocycles. The van der Waals surface area contributed by atoms with E-state index in [0.717, 1.165) is 12.0 Å². The van der Waals surface area contributed by atoms with Crippen LogP contribution in [0.5, 0.6) is 0 Å². The number of H-pyrrole nitrogens is 1. The molecule has 1 aromatic carbocycles. The van der Waals surface area contributed by atoms with Crippen molar-refractivity contribution in [3.05, 3.63) is 57.8 Å². The van der Waals surface area contributed by atoms with Gasteiger partial charge in [-0.15, -0.1) is 5.10 Å². The van der Waals surface area contributed by atoms with Crippen molar-refractivity contribution in [1.29, 1.82) is 0 Å². The number of aromatic amines is 1. The highest BCUT2D eigenvalue weighted by molar-refractivity contribution is 6.07. The van der Waals surface area contributed by atoms with Crippen LogP contribution < -0.4 is 10.9 Å². The van der Waals surface area contributed by atoms with E-state index in [1.54, 1.807) is 19.2 Å². The van der Waals surface area contributed by atoms with E-state index in [2.05, 4.69) is 20.6 Å². The Balaban J connectivity index is 1.97. The second-order valence-corrected chi connectivity index (χ2v) is 5.01. The van der Waals surface area contributed by atoms with Gasteiger partial charge in [-0.3, -0.25) is 9.59 Å². The maximum absolute atomic E-state index is 12.3. The number of hydrogen-bond donors (Lipinski definition) is 2. The topological polar surface area (TPSA) is 92.2 Å². The molecule has 2 N–H and O–H groups in total. The second kappa shape index (κ2) is 5.44. The first-order valence-electron chi connectivity index (χ1n) is 6.93. The number of aryl methyl sites for hydroxylation is 2. The Labute approximate surface area is 126 Å². The van der Waals surface area contributed by atoms with E-state index in [4.69, 9.17) is 0 Å². The number of nitrogens with one attached hydrogen (secondary N) is 2.